The van der Waals surface area contributed by atoms with Crippen LogP contribution >= 0.6 is 0 Å². The van der Waals surface area contributed by atoms with Crippen molar-refractivity contribution in [3.8, 4) is 0 Å². The van der Waals surface area contributed by atoms with Gasteiger partial charge in [0.25, 0.3) is 0 Å². The smallest absolute Gasteiger partial charge is 1.00 e. The summed E-state index contributed by atoms with van der Waals surface area (Å²) in [4.78, 5) is 0. The van der Waals surface area contributed by atoms with Gasteiger partial charge in [0, 0.05) is 5.75 Å². The molecule has 0 aliphatic heterocycles. The van der Waals surface area contributed by atoms with E-state index in [4.69, 9.17) is 4.55 Å². The van der Waals surface area contributed by atoms with Crippen molar-refractivity contribution in [2.24, 2.45) is 0 Å². The predicted octanol–water partition coefficient (Wildman–Crippen LogP) is -1.88. The minimum atomic E-state index is -1.57. The van der Waals surface area contributed by atoms with Crippen molar-refractivity contribution in [3.63, 3.8) is 0 Å². The number of unbranched alkanes of at least 4 members (excludes halogenated alkanes) is 1. The molecule has 0 heterocycles. The van der Waals surface area contributed by atoms with Gasteiger partial charge in [0.2, 0.25) is 0 Å². The average molecular weight is 146 g/mol. The van der Waals surface area contributed by atoms with E-state index in [2.05, 4.69) is 0 Å². The molecule has 0 saturated carbocycles. The Hall–Kier alpha value is 1.11. The molecule has 46 valence electrons. The summed E-state index contributed by atoms with van der Waals surface area (Å²) >= 11 is -1.57. The maximum atomic E-state index is 9.87. The standard InChI is InChI=1S/C4H10O2S.Na.H/c1-2-3-4-7(5)6;;/h2-4H2,1H3,(H,5,6);;/q;+1;-1. The van der Waals surface area contributed by atoms with Crippen molar-refractivity contribution in [2.75, 3.05) is 5.75 Å². The maximum Gasteiger partial charge on any atom is 1.00 e. The first-order valence-electron chi connectivity index (χ1n) is 2.35. The van der Waals surface area contributed by atoms with E-state index >= 15 is 0 Å². The zero-order chi connectivity index (χ0) is 5.70. The molecule has 0 aromatic rings. The molecule has 0 fully saturated rings. The van der Waals surface area contributed by atoms with Crippen LogP contribution in [0.2, 0.25) is 0 Å². The second kappa shape index (κ2) is 8.11. The van der Waals surface area contributed by atoms with Crippen LogP contribution in [0, 0.1) is 0 Å². The zero-order valence-corrected chi connectivity index (χ0v) is 8.20. The molecule has 0 aromatic heterocycles. The normalized spacial score (nSPS) is 12.2. The fourth-order valence-electron chi connectivity index (χ4n) is 0.268. The van der Waals surface area contributed by atoms with Gasteiger partial charge < -0.3 is 5.98 Å². The third kappa shape index (κ3) is 10.2. The van der Waals surface area contributed by atoms with E-state index in [1.165, 1.54) is 0 Å². The second-order valence-electron chi connectivity index (χ2n) is 1.38. The molecule has 0 amide bonds. The molecule has 0 rings (SSSR count). The first-order valence-corrected chi connectivity index (χ1v) is 3.62. The fraction of sp³-hybridized carbons (Fsp3) is 1.00. The molecule has 8 heavy (non-hydrogen) atoms. The Morgan fingerprint density at radius 1 is 1.75 bits per heavy atom. The van der Waals surface area contributed by atoms with Crippen LogP contribution in [0.3, 0.4) is 0 Å². The molecule has 0 spiro atoms. The Balaban J connectivity index is -0.000000180. The molecule has 0 aliphatic carbocycles. The van der Waals surface area contributed by atoms with Crippen LogP contribution in [-0.4, -0.2) is 14.5 Å². The van der Waals surface area contributed by atoms with Crippen LogP contribution in [0.5, 0.6) is 0 Å². The van der Waals surface area contributed by atoms with Crippen LogP contribution < -0.4 is 29.6 Å². The minimum Gasteiger partial charge on any atom is -1.00 e. The summed E-state index contributed by atoms with van der Waals surface area (Å²) in [7, 11) is 0. The Morgan fingerprint density at radius 2 is 2.25 bits per heavy atom. The Labute approximate surface area is 76.1 Å². The SMILES string of the molecule is CCCCS(=O)O.[H-].[Na+]. The first kappa shape index (κ1) is 11.9. The van der Waals surface area contributed by atoms with E-state index in [1.807, 2.05) is 6.92 Å². The third-order valence-electron chi connectivity index (χ3n) is 0.673. The summed E-state index contributed by atoms with van der Waals surface area (Å²) in [6.45, 7) is 1.99. The molecule has 1 unspecified atom stereocenters. The number of hydrogen-bond acceptors (Lipinski definition) is 1. The molecule has 4 heteroatoms. The van der Waals surface area contributed by atoms with Crippen LogP contribution in [0.1, 0.15) is 21.2 Å². The van der Waals surface area contributed by atoms with E-state index in [-0.39, 0.29) is 31.0 Å². The molecule has 1 N–H and O–H groups in total. The van der Waals surface area contributed by atoms with Gasteiger partial charge in [0.1, 0.15) is 0 Å². The summed E-state index contributed by atoms with van der Waals surface area (Å²) in [5, 5.41) is 0. The minimum absolute atomic E-state index is 0. The number of hydrogen-bond donors (Lipinski definition) is 1. The van der Waals surface area contributed by atoms with E-state index in [0.29, 0.717) is 5.75 Å². The molecular formula is C4H11NaO2S. The van der Waals surface area contributed by atoms with Crippen molar-refractivity contribution in [3.05, 3.63) is 0 Å². The van der Waals surface area contributed by atoms with Crippen LogP contribution in [0.15, 0.2) is 0 Å². The van der Waals surface area contributed by atoms with Gasteiger partial charge in [-0.05, 0) is 6.42 Å². The number of rotatable bonds is 3. The van der Waals surface area contributed by atoms with Crippen molar-refractivity contribution >= 4 is 11.1 Å². The van der Waals surface area contributed by atoms with Gasteiger partial charge >= 0.3 is 29.6 Å². The molecule has 0 saturated heterocycles. The summed E-state index contributed by atoms with van der Waals surface area (Å²) in [5.74, 6) is 0.427. The van der Waals surface area contributed by atoms with Gasteiger partial charge in [-0.1, -0.05) is 13.3 Å². The van der Waals surface area contributed by atoms with Gasteiger partial charge in [0.15, 0.2) is 11.1 Å². The van der Waals surface area contributed by atoms with Crippen molar-refractivity contribution in [1.82, 2.24) is 0 Å². The fourth-order valence-corrected chi connectivity index (χ4v) is 0.803. The summed E-state index contributed by atoms with van der Waals surface area (Å²) < 4.78 is 18.0. The largest absolute Gasteiger partial charge is 1.00 e. The van der Waals surface area contributed by atoms with Gasteiger partial charge in [-0.2, -0.15) is 0 Å². The maximum absolute atomic E-state index is 9.87. The summed E-state index contributed by atoms with van der Waals surface area (Å²) in [6, 6.07) is 0. The van der Waals surface area contributed by atoms with E-state index in [1.54, 1.807) is 0 Å². The molecular weight excluding hydrogens is 135 g/mol. The average Bonchev–Trinajstić information content (AvgIpc) is 1.61. The first-order chi connectivity index (χ1) is 3.27. The molecule has 0 radical (unpaired) electrons. The van der Waals surface area contributed by atoms with Crippen LogP contribution in [0.25, 0.3) is 0 Å². The molecule has 0 bridgehead atoms. The summed E-state index contributed by atoms with van der Waals surface area (Å²) in [6.07, 6.45) is 1.84. The van der Waals surface area contributed by atoms with Crippen molar-refractivity contribution in [1.29, 1.82) is 0 Å². The quantitative estimate of drug-likeness (QED) is 0.374. The van der Waals surface area contributed by atoms with Crippen LogP contribution in [-0.2, 0) is 11.1 Å². The molecule has 0 aromatic carbocycles. The van der Waals surface area contributed by atoms with Gasteiger partial charge in [-0.15, -0.1) is 0 Å². The van der Waals surface area contributed by atoms with Crippen LogP contribution in [0.4, 0.5) is 0 Å². The second-order valence-corrected chi connectivity index (χ2v) is 2.43. The van der Waals surface area contributed by atoms with Crippen molar-refractivity contribution in [2.45, 2.75) is 19.8 Å². The monoisotopic (exact) mass is 146 g/mol. The van der Waals surface area contributed by atoms with Gasteiger partial charge in [-0.3, -0.25) is 0 Å². The molecule has 1 atom stereocenters. The zero-order valence-electron chi connectivity index (χ0n) is 6.39. The summed E-state index contributed by atoms with van der Waals surface area (Å²) in [5.41, 5.74) is 0. The van der Waals surface area contributed by atoms with E-state index in [0.717, 1.165) is 12.8 Å². The Bertz CT molecular complexity index is 71.6. The van der Waals surface area contributed by atoms with E-state index in [9.17, 15) is 4.21 Å². The topological polar surface area (TPSA) is 37.3 Å². The van der Waals surface area contributed by atoms with Crippen molar-refractivity contribution < 1.29 is 39.7 Å². The predicted molar refractivity (Wildman–Crippen MR) is 31.7 cm³/mol. The molecule has 2 nitrogen and oxygen atoms in total. The molecule has 0 aliphatic rings. The van der Waals surface area contributed by atoms with Gasteiger partial charge in [-0.25, -0.2) is 4.21 Å². The Kier molecular flexibility index (Phi) is 12.0. The van der Waals surface area contributed by atoms with Gasteiger partial charge in [0.05, 0.1) is 0 Å². The van der Waals surface area contributed by atoms with E-state index < -0.39 is 11.1 Å². The third-order valence-corrected chi connectivity index (χ3v) is 1.31. The Morgan fingerprint density at radius 3 is 2.38 bits per heavy atom.